The highest BCUT2D eigenvalue weighted by Gasteiger charge is 2.29. The molecule has 0 amide bonds. The number of aromatic nitrogens is 2. The average molecular weight is 300 g/mol. The predicted octanol–water partition coefficient (Wildman–Crippen LogP) is 2.43. The molecule has 2 fully saturated rings. The molecule has 0 unspecified atom stereocenters. The van der Waals surface area contributed by atoms with E-state index in [1.54, 1.807) is 0 Å². The molecule has 1 aliphatic heterocycles. The van der Waals surface area contributed by atoms with Crippen LogP contribution in [0.1, 0.15) is 30.9 Å². The van der Waals surface area contributed by atoms with Crippen LogP contribution in [-0.4, -0.2) is 54.0 Å². The molecule has 1 saturated heterocycles. The van der Waals surface area contributed by atoms with Crippen molar-refractivity contribution in [3.63, 3.8) is 0 Å². The average Bonchev–Trinajstić information content (AvgIpc) is 3.30. The number of hydrogen-bond acceptors (Lipinski definition) is 4. The van der Waals surface area contributed by atoms with Gasteiger partial charge in [0.25, 0.3) is 0 Å². The summed E-state index contributed by atoms with van der Waals surface area (Å²) in [5.41, 5.74) is 1.06. The van der Waals surface area contributed by atoms with Crippen molar-refractivity contribution in [2.24, 2.45) is 0 Å². The molecule has 1 aliphatic carbocycles. The van der Waals surface area contributed by atoms with Crippen LogP contribution < -0.4 is 4.90 Å². The Morgan fingerprint density at radius 1 is 1.05 bits per heavy atom. The van der Waals surface area contributed by atoms with Crippen LogP contribution in [0.15, 0.2) is 12.1 Å². The van der Waals surface area contributed by atoms with Crippen LogP contribution in [0.3, 0.4) is 0 Å². The zero-order chi connectivity index (χ0) is 14.9. The third-order valence-electron chi connectivity index (χ3n) is 4.07. The molecular formula is C14H19F3N4. The molecule has 1 saturated carbocycles. The summed E-state index contributed by atoms with van der Waals surface area (Å²) >= 11 is 0. The molecule has 0 aromatic carbocycles. The molecule has 3 rings (SSSR count). The number of rotatable bonds is 4. The largest absolute Gasteiger partial charge is 0.390 e. The number of anilines is 1. The number of piperazine rings is 1. The molecule has 0 atom stereocenters. The number of alkyl halides is 3. The van der Waals surface area contributed by atoms with Gasteiger partial charge < -0.3 is 4.90 Å². The first-order chi connectivity index (χ1) is 10.0. The maximum atomic E-state index is 12.2. The van der Waals surface area contributed by atoms with Gasteiger partial charge >= 0.3 is 6.18 Å². The number of nitrogens with zero attached hydrogens (tertiary/aromatic N) is 4. The quantitative estimate of drug-likeness (QED) is 0.855. The van der Waals surface area contributed by atoms with Crippen molar-refractivity contribution >= 4 is 5.82 Å². The topological polar surface area (TPSA) is 32.3 Å². The van der Waals surface area contributed by atoms with E-state index in [0.717, 1.165) is 11.5 Å². The van der Waals surface area contributed by atoms with Crippen LogP contribution in [0.2, 0.25) is 0 Å². The molecule has 0 bridgehead atoms. The molecule has 0 radical (unpaired) electrons. The predicted molar refractivity (Wildman–Crippen MR) is 73.3 cm³/mol. The molecule has 4 nitrogen and oxygen atoms in total. The van der Waals surface area contributed by atoms with E-state index in [4.69, 9.17) is 0 Å². The lowest BCUT2D eigenvalue weighted by Gasteiger charge is -2.35. The molecule has 1 aromatic rings. The highest BCUT2D eigenvalue weighted by Crippen LogP contribution is 2.38. The Bertz CT molecular complexity index is 462. The normalized spacial score (nSPS) is 20.8. The second-order valence-electron chi connectivity index (χ2n) is 5.78. The van der Waals surface area contributed by atoms with E-state index in [2.05, 4.69) is 15.1 Å². The Morgan fingerprint density at radius 2 is 1.76 bits per heavy atom. The molecule has 1 aromatic heterocycles. The summed E-state index contributed by atoms with van der Waals surface area (Å²) in [6.07, 6.45) is -2.40. The highest BCUT2D eigenvalue weighted by atomic mass is 19.4. The fourth-order valence-corrected chi connectivity index (χ4v) is 2.59. The Morgan fingerprint density at radius 3 is 2.29 bits per heavy atom. The van der Waals surface area contributed by atoms with Crippen LogP contribution in [0.4, 0.5) is 19.0 Å². The zero-order valence-electron chi connectivity index (χ0n) is 11.8. The van der Waals surface area contributed by atoms with Gasteiger partial charge in [-0.15, -0.1) is 5.10 Å². The maximum absolute atomic E-state index is 12.2. The van der Waals surface area contributed by atoms with Crippen molar-refractivity contribution in [3.05, 3.63) is 17.8 Å². The Balaban J connectivity index is 1.48. The summed E-state index contributed by atoms with van der Waals surface area (Å²) < 4.78 is 36.6. The summed E-state index contributed by atoms with van der Waals surface area (Å²) in [4.78, 5) is 3.95. The second kappa shape index (κ2) is 5.79. The van der Waals surface area contributed by atoms with Gasteiger partial charge in [-0.25, -0.2) is 0 Å². The fourth-order valence-electron chi connectivity index (χ4n) is 2.59. The van der Waals surface area contributed by atoms with Crippen LogP contribution >= 0.6 is 0 Å². The van der Waals surface area contributed by atoms with E-state index >= 15 is 0 Å². The van der Waals surface area contributed by atoms with E-state index < -0.39 is 12.6 Å². The monoisotopic (exact) mass is 300 g/mol. The van der Waals surface area contributed by atoms with Gasteiger partial charge in [0.15, 0.2) is 5.82 Å². The van der Waals surface area contributed by atoms with Crippen LogP contribution in [0.25, 0.3) is 0 Å². The van der Waals surface area contributed by atoms with E-state index in [1.807, 2.05) is 17.0 Å². The fraction of sp³-hybridized carbons (Fsp3) is 0.714. The zero-order valence-corrected chi connectivity index (χ0v) is 11.8. The Kier molecular flexibility index (Phi) is 4.01. The van der Waals surface area contributed by atoms with Crippen LogP contribution in [0, 0.1) is 0 Å². The summed E-state index contributed by atoms with van der Waals surface area (Å²) in [5.74, 6) is 1.42. The minimum Gasteiger partial charge on any atom is -0.353 e. The van der Waals surface area contributed by atoms with Crippen molar-refractivity contribution < 1.29 is 13.2 Å². The van der Waals surface area contributed by atoms with Crippen molar-refractivity contribution in [1.29, 1.82) is 0 Å². The maximum Gasteiger partial charge on any atom is 0.390 e. The standard InChI is InChI=1S/C14H19F3N4/c15-14(16,17)5-6-20-7-9-21(10-8-20)13-4-3-12(18-19-13)11-1-2-11/h3-4,11H,1-2,5-10H2. The van der Waals surface area contributed by atoms with Gasteiger partial charge in [0.2, 0.25) is 0 Å². The summed E-state index contributed by atoms with van der Waals surface area (Å²) in [6, 6.07) is 4.00. The van der Waals surface area contributed by atoms with E-state index in [-0.39, 0.29) is 6.54 Å². The molecule has 7 heteroatoms. The molecule has 0 N–H and O–H groups in total. The van der Waals surface area contributed by atoms with Gasteiger partial charge in [0.1, 0.15) is 0 Å². The van der Waals surface area contributed by atoms with Crippen molar-refractivity contribution in [2.45, 2.75) is 31.4 Å². The van der Waals surface area contributed by atoms with E-state index in [9.17, 15) is 13.2 Å². The lowest BCUT2D eigenvalue weighted by atomic mass is 10.2. The number of halogens is 3. The van der Waals surface area contributed by atoms with Gasteiger partial charge in [-0.05, 0) is 25.0 Å². The smallest absolute Gasteiger partial charge is 0.353 e. The van der Waals surface area contributed by atoms with Gasteiger partial charge in [-0.1, -0.05) is 0 Å². The lowest BCUT2D eigenvalue weighted by molar-refractivity contribution is -0.138. The van der Waals surface area contributed by atoms with E-state index in [0.29, 0.717) is 32.1 Å². The van der Waals surface area contributed by atoms with Gasteiger partial charge in [-0.3, -0.25) is 4.90 Å². The molecule has 116 valence electrons. The van der Waals surface area contributed by atoms with Crippen molar-refractivity contribution in [2.75, 3.05) is 37.6 Å². The first kappa shape index (κ1) is 14.6. The summed E-state index contributed by atoms with van der Waals surface area (Å²) in [7, 11) is 0. The molecule has 2 aliphatic rings. The van der Waals surface area contributed by atoms with Gasteiger partial charge in [0, 0.05) is 38.6 Å². The number of hydrogen-bond donors (Lipinski definition) is 0. The van der Waals surface area contributed by atoms with Gasteiger partial charge in [-0.2, -0.15) is 18.3 Å². The van der Waals surface area contributed by atoms with Crippen LogP contribution in [-0.2, 0) is 0 Å². The summed E-state index contributed by atoms with van der Waals surface area (Å²) in [5, 5.41) is 8.50. The lowest BCUT2D eigenvalue weighted by Crippen LogP contribution is -2.47. The highest BCUT2D eigenvalue weighted by molar-refractivity contribution is 5.38. The minimum atomic E-state index is -4.07. The second-order valence-corrected chi connectivity index (χ2v) is 5.78. The first-order valence-electron chi connectivity index (χ1n) is 7.39. The van der Waals surface area contributed by atoms with Gasteiger partial charge in [0.05, 0.1) is 12.1 Å². The van der Waals surface area contributed by atoms with E-state index in [1.165, 1.54) is 12.8 Å². The Hall–Kier alpha value is -1.37. The third-order valence-corrected chi connectivity index (χ3v) is 4.07. The molecule has 21 heavy (non-hydrogen) atoms. The Labute approximate surface area is 121 Å². The SMILES string of the molecule is FC(F)(F)CCN1CCN(c2ccc(C3CC3)nn2)CC1. The molecular weight excluding hydrogens is 281 g/mol. The summed E-state index contributed by atoms with van der Waals surface area (Å²) in [6.45, 7) is 2.78. The molecule has 0 spiro atoms. The first-order valence-corrected chi connectivity index (χ1v) is 7.39. The molecule has 2 heterocycles. The van der Waals surface area contributed by atoms with Crippen molar-refractivity contribution in [3.8, 4) is 0 Å². The third kappa shape index (κ3) is 4.06. The minimum absolute atomic E-state index is 0.0869. The van der Waals surface area contributed by atoms with Crippen molar-refractivity contribution in [1.82, 2.24) is 15.1 Å². The van der Waals surface area contributed by atoms with Crippen LogP contribution in [0.5, 0.6) is 0 Å².